The SMILES string of the molecule is CNc1cc(F)cc2cc(C(=O)Nc3cnc(N4CC(N)C4)nc3)c(=O)[nH]c12. The monoisotopic (exact) mass is 383 g/mol. The number of anilines is 3. The van der Waals surface area contributed by atoms with Crippen molar-refractivity contribution in [3.8, 4) is 0 Å². The van der Waals surface area contributed by atoms with Crippen LogP contribution in [0.5, 0.6) is 0 Å². The van der Waals surface area contributed by atoms with Crippen LogP contribution in [-0.2, 0) is 0 Å². The summed E-state index contributed by atoms with van der Waals surface area (Å²) in [5.41, 5.74) is 6.20. The fraction of sp³-hybridized carbons (Fsp3) is 0.222. The molecule has 1 aromatic carbocycles. The van der Waals surface area contributed by atoms with E-state index in [1.165, 1.54) is 30.6 Å². The first-order valence-corrected chi connectivity index (χ1v) is 8.63. The second kappa shape index (κ2) is 6.89. The van der Waals surface area contributed by atoms with Crippen molar-refractivity contribution >= 4 is 34.1 Å². The van der Waals surface area contributed by atoms with E-state index in [9.17, 15) is 14.0 Å². The highest BCUT2D eigenvalue weighted by atomic mass is 19.1. The molecule has 1 amide bonds. The molecule has 3 aromatic rings. The van der Waals surface area contributed by atoms with Crippen molar-refractivity contribution in [2.75, 3.05) is 35.7 Å². The summed E-state index contributed by atoms with van der Waals surface area (Å²) >= 11 is 0. The Kier molecular flexibility index (Phi) is 4.40. The van der Waals surface area contributed by atoms with Crippen molar-refractivity contribution in [2.24, 2.45) is 5.73 Å². The van der Waals surface area contributed by atoms with Gasteiger partial charge in [0, 0.05) is 31.6 Å². The smallest absolute Gasteiger partial charge is 0.261 e. The Morgan fingerprint density at radius 1 is 1.29 bits per heavy atom. The molecule has 1 saturated heterocycles. The summed E-state index contributed by atoms with van der Waals surface area (Å²) in [6.07, 6.45) is 2.91. The molecular formula is C18H18FN7O2. The van der Waals surface area contributed by atoms with Gasteiger partial charge in [0.05, 0.1) is 29.3 Å². The standard InChI is InChI=1S/C18H18FN7O2/c1-21-14-4-10(19)2-9-3-13(17(28)25-15(9)14)16(27)24-12-5-22-18(23-6-12)26-7-11(20)8-26/h2-6,11,21H,7-8,20H2,1H3,(H,24,27)(H,25,28). The minimum absolute atomic E-state index is 0.121. The highest BCUT2D eigenvalue weighted by Crippen LogP contribution is 2.23. The second-order valence-corrected chi connectivity index (χ2v) is 6.57. The maximum atomic E-state index is 13.8. The van der Waals surface area contributed by atoms with E-state index in [0.29, 0.717) is 41.3 Å². The van der Waals surface area contributed by atoms with Gasteiger partial charge in [0.1, 0.15) is 11.4 Å². The van der Waals surface area contributed by atoms with Gasteiger partial charge < -0.3 is 26.3 Å². The van der Waals surface area contributed by atoms with Crippen LogP contribution >= 0.6 is 0 Å². The van der Waals surface area contributed by atoms with Gasteiger partial charge in [-0.05, 0) is 18.2 Å². The lowest BCUT2D eigenvalue weighted by molar-refractivity contribution is 0.102. The second-order valence-electron chi connectivity index (χ2n) is 6.57. The summed E-state index contributed by atoms with van der Waals surface area (Å²) < 4.78 is 13.8. The molecule has 4 rings (SSSR count). The number of aromatic amines is 1. The number of pyridine rings is 1. The van der Waals surface area contributed by atoms with Gasteiger partial charge in [-0.25, -0.2) is 14.4 Å². The van der Waals surface area contributed by atoms with Crippen LogP contribution < -0.4 is 26.8 Å². The van der Waals surface area contributed by atoms with Crippen LogP contribution in [0.4, 0.5) is 21.7 Å². The average molecular weight is 383 g/mol. The summed E-state index contributed by atoms with van der Waals surface area (Å²) in [5, 5.41) is 5.79. The first-order chi connectivity index (χ1) is 13.4. The molecule has 3 heterocycles. The third kappa shape index (κ3) is 3.25. The number of amides is 1. The van der Waals surface area contributed by atoms with Gasteiger partial charge in [0.15, 0.2) is 0 Å². The van der Waals surface area contributed by atoms with Gasteiger partial charge in [-0.2, -0.15) is 0 Å². The Morgan fingerprint density at radius 2 is 2.00 bits per heavy atom. The maximum Gasteiger partial charge on any atom is 0.261 e. The summed E-state index contributed by atoms with van der Waals surface area (Å²) in [7, 11) is 1.62. The van der Waals surface area contributed by atoms with Gasteiger partial charge in [-0.1, -0.05) is 0 Å². The quantitative estimate of drug-likeness (QED) is 0.527. The van der Waals surface area contributed by atoms with Crippen molar-refractivity contribution in [1.29, 1.82) is 0 Å². The Morgan fingerprint density at radius 3 is 2.64 bits per heavy atom. The predicted molar refractivity (Wildman–Crippen MR) is 104 cm³/mol. The van der Waals surface area contributed by atoms with E-state index >= 15 is 0 Å². The lowest BCUT2D eigenvalue weighted by Crippen LogP contribution is -2.56. The molecule has 1 aliphatic heterocycles. The molecule has 9 nitrogen and oxygen atoms in total. The number of halogens is 1. The van der Waals surface area contributed by atoms with E-state index in [1.807, 2.05) is 4.90 Å². The number of carbonyl (C=O) groups excluding carboxylic acids is 1. The Balaban J connectivity index is 1.58. The van der Waals surface area contributed by atoms with E-state index in [0.717, 1.165) is 0 Å². The van der Waals surface area contributed by atoms with Crippen LogP contribution in [-0.4, -0.2) is 47.0 Å². The zero-order valence-electron chi connectivity index (χ0n) is 15.0. The minimum Gasteiger partial charge on any atom is -0.386 e. The van der Waals surface area contributed by atoms with Crippen molar-refractivity contribution in [3.63, 3.8) is 0 Å². The molecule has 0 unspecified atom stereocenters. The molecule has 0 spiro atoms. The summed E-state index contributed by atoms with van der Waals surface area (Å²) in [5.74, 6) is -0.593. The zero-order chi connectivity index (χ0) is 19.8. The lowest BCUT2D eigenvalue weighted by atomic mass is 10.1. The third-order valence-corrected chi connectivity index (χ3v) is 4.52. The molecule has 5 N–H and O–H groups in total. The van der Waals surface area contributed by atoms with E-state index in [-0.39, 0.29) is 11.6 Å². The van der Waals surface area contributed by atoms with E-state index in [1.54, 1.807) is 7.05 Å². The van der Waals surface area contributed by atoms with Crippen molar-refractivity contribution < 1.29 is 9.18 Å². The normalized spacial score (nSPS) is 14.0. The number of hydrogen-bond acceptors (Lipinski definition) is 7. The largest absolute Gasteiger partial charge is 0.386 e. The number of fused-ring (bicyclic) bond motifs is 1. The molecule has 0 radical (unpaired) electrons. The highest BCUT2D eigenvalue weighted by molar-refractivity contribution is 6.06. The number of benzene rings is 1. The number of carbonyl (C=O) groups is 1. The van der Waals surface area contributed by atoms with Gasteiger partial charge in [0.2, 0.25) is 5.95 Å². The van der Waals surface area contributed by atoms with E-state index < -0.39 is 17.3 Å². The molecule has 1 fully saturated rings. The van der Waals surface area contributed by atoms with Gasteiger partial charge in [-0.15, -0.1) is 0 Å². The Labute approximate surface area is 158 Å². The summed E-state index contributed by atoms with van der Waals surface area (Å²) in [6, 6.07) is 3.99. The van der Waals surface area contributed by atoms with Crippen LogP contribution in [0.2, 0.25) is 0 Å². The molecule has 144 valence electrons. The van der Waals surface area contributed by atoms with Gasteiger partial charge >= 0.3 is 0 Å². The average Bonchev–Trinajstić information content (AvgIpc) is 2.65. The Hall–Kier alpha value is -3.53. The van der Waals surface area contributed by atoms with Crippen molar-refractivity contribution in [3.05, 3.63) is 52.3 Å². The van der Waals surface area contributed by atoms with Crippen LogP contribution in [0.1, 0.15) is 10.4 Å². The molecule has 0 atom stereocenters. The minimum atomic E-state index is -0.638. The fourth-order valence-electron chi connectivity index (χ4n) is 3.07. The number of rotatable bonds is 4. The molecule has 28 heavy (non-hydrogen) atoms. The molecule has 0 saturated carbocycles. The molecule has 0 bridgehead atoms. The summed E-state index contributed by atoms with van der Waals surface area (Å²) in [6.45, 7) is 1.37. The van der Waals surface area contributed by atoms with Gasteiger partial charge in [-0.3, -0.25) is 9.59 Å². The molecule has 0 aliphatic carbocycles. The van der Waals surface area contributed by atoms with Crippen LogP contribution in [0.3, 0.4) is 0 Å². The lowest BCUT2D eigenvalue weighted by Gasteiger charge is -2.36. The zero-order valence-corrected chi connectivity index (χ0v) is 15.0. The van der Waals surface area contributed by atoms with Gasteiger partial charge in [0.25, 0.3) is 11.5 Å². The third-order valence-electron chi connectivity index (χ3n) is 4.52. The summed E-state index contributed by atoms with van der Waals surface area (Å²) in [4.78, 5) is 37.8. The van der Waals surface area contributed by atoms with Crippen LogP contribution in [0.25, 0.3) is 10.9 Å². The van der Waals surface area contributed by atoms with Crippen molar-refractivity contribution in [1.82, 2.24) is 15.0 Å². The van der Waals surface area contributed by atoms with Crippen LogP contribution in [0.15, 0.2) is 35.4 Å². The number of nitrogens with one attached hydrogen (secondary N) is 3. The number of nitrogens with zero attached hydrogens (tertiary/aromatic N) is 3. The van der Waals surface area contributed by atoms with E-state index in [4.69, 9.17) is 5.73 Å². The fourth-order valence-corrected chi connectivity index (χ4v) is 3.07. The molecular weight excluding hydrogens is 365 g/mol. The number of nitrogens with two attached hydrogens (primary N) is 1. The number of H-pyrrole nitrogens is 1. The predicted octanol–water partition coefficient (Wildman–Crippen LogP) is 0.898. The molecule has 1 aliphatic rings. The Bertz CT molecular complexity index is 1110. The highest BCUT2D eigenvalue weighted by Gasteiger charge is 2.25. The molecule has 2 aromatic heterocycles. The van der Waals surface area contributed by atoms with Crippen LogP contribution in [0, 0.1) is 5.82 Å². The first-order valence-electron chi connectivity index (χ1n) is 8.63. The first kappa shape index (κ1) is 17.9. The van der Waals surface area contributed by atoms with E-state index in [2.05, 4.69) is 25.6 Å². The topological polar surface area (TPSA) is 129 Å². The van der Waals surface area contributed by atoms with Crippen molar-refractivity contribution in [2.45, 2.75) is 6.04 Å². The number of hydrogen-bond donors (Lipinski definition) is 4. The number of aromatic nitrogens is 3. The molecule has 10 heteroatoms. The maximum absolute atomic E-state index is 13.8.